The van der Waals surface area contributed by atoms with Gasteiger partial charge in [0.15, 0.2) is 0 Å². The van der Waals surface area contributed by atoms with Crippen LogP contribution in [0.3, 0.4) is 0 Å². The largest absolute Gasteiger partial charge is 0.390 e. The highest BCUT2D eigenvalue weighted by atomic mass is 16.3. The molecule has 0 aromatic carbocycles. The maximum absolute atomic E-state index is 8.68. The number of aromatic nitrogens is 2. The molecule has 0 saturated carbocycles. The number of nitrogens with zero attached hydrogens (tertiary/aromatic N) is 2. The van der Waals surface area contributed by atoms with Crippen molar-refractivity contribution in [2.45, 2.75) is 20.0 Å². The van der Waals surface area contributed by atoms with E-state index in [9.17, 15) is 0 Å². The summed E-state index contributed by atoms with van der Waals surface area (Å²) in [5.41, 5.74) is 0.594. The van der Waals surface area contributed by atoms with E-state index in [0.717, 1.165) is 18.8 Å². The van der Waals surface area contributed by atoms with Crippen molar-refractivity contribution >= 4 is 5.82 Å². The number of hydrogen-bond donors (Lipinski definition) is 2. The fourth-order valence-electron chi connectivity index (χ4n) is 0.792. The highest BCUT2D eigenvalue weighted by Crippen LogP contribution is 2.01. The summed E-state index contributed by atoms with van der Waals surface area (Å²) >= 11 is 0. The summed E-state index contributed by atoms with van der Waals surface area (Å²) < 4.78 is 0. The molecule has 0 radical (unpaired) electrons. The number of hydrogen-bond acceptors (Lipinski definition) is 4. The minimum absolute atomic E-state index is 0.0545. The van der Waals surface area contributed by atoms with Crippen LogP contribution in [0.1, 0.15) is 19.0 Å². The first-order chi connectivity index (χ1) is 5.86. The van der Waals surface area contributed by atoms with Crippen LogP contribution in [0.4, 0.5) is 5.82 Å². The fourth-order valence-corrected chi connectivity index (χ4v) is 0.792. The SMILES string of the molecule is CCCNc1ccc(CO)nn1. The van der Waals surface area contributed by atoms with Gasteiger partial charge in [0.2, 0.25) is 0 Å². The monoisotopic (exact) mass is 167 g/mol. The summed E-state index contributed by atoms with van der Waals surface area (Å²) in [6.07, 6.45) is 1.06. The molecule has 0 atom stereocenters. The third-order valence-corrected chi connectivity index (χ3v) is 1.44. The number of anilines is 1. The maximum Gasteiger partial charge on any atom is 0.148 e. The molecule has 0 aliphatic rings. The van der Waals surface area contributed by atoms with Crippen molar-refractivity contribution in [1.82, 2.24) is 10.2 Å². The minimum Gasteiger partial charge on any atom is -0.390 e. The smallest absolute Gasteiger partial charge is 0.148 e. The fraction of sp³-hybridized carbons (Fsp3) is 0.500. The molecule has 66 valence electrons. The lowest BCUT2D eigenvalue weighted by molar-refractivity contribution is 0.275. The molecule has 2 N–H and O–H groups in total. The zero-order chi connectivity index (χ0) is 8.81. The van der Waals surface area contributed by atoms with Gasteiger partial charge in [0, 0.05) is 6.54 Å². The highest BCUT2D eigenvalue weighted by Gasteiger charge is 1.94. The van der Waals surface area contributed by atoms with Crippen molar-refractivity contribution in [3.05, 3.63) is 17.8 Å². The van der Waals surface area contributed by atoms with Crippen LogP contribution in [0.2, 0.25) is 0 Å². The molecule has 1 heterocycles. The van der Waals surface area contributed by atoms with Crippen LogP contribution in [0.15, 0.2) is 12.1 Å². The summed E-state index contributed by atoms with van der Waals surface area (Å²) in [6, 6.07) is 3.57. The third kappa shape index (κ3) is 2.47. The Hall–Kier alpha value is -1.16. The van der Waals surface area contributed by atoms with E-state index in [0.29, 0.717) is 5.69 Å². The van der Waals surface area contributed by atoms with Crippen molar-refractivity contribution in [1.29, 1.82) is 0 Å². The molecule has 0 aliphatic heterocycles. The molecule has 1 rings (SSSR count). The second-order valence-corrected chi connectivity index (χ2v) is 2.49. The first kappa shape index (κ1) is 8.93. The Morgan fingerprint density at radius 3 is 2.75 bits per heavy atom. The topological polar surface area (TPSA) is 58.0 Å². The van der Waals surface area contributed by atoms with Crippen LogP contribution in [0, 0.1) is 0 Å². The Morgan fingerprint density at radius 1 is 1.42 bits per heavy atom. The molecule has 0 aliphatic carbocycles. The van der Waals surface area contributed by atoms with E-state index in [4.69, 9.17) is 5.11 Å². The van der Waals surface area contributed by atoms with Crippen molar-refractivity contribution in [3.63, 3.8) is 0 Å². The zero-order valence-corrected chi connectivity index (χ0v) is 7.12. The van der Waals surface area contributed by atoms with Crippen LogP contribution in [-0.4, -0.2) is 21.8 Å². The van der Waals surface area contributed by atoms with E-state index in [1.54, 1.807) is 6.07 Å². The van der Waals surface area contributed by atoms with Crippen molar-refractivity contribution < 1.29 is 5.11 Å². The normalized spacial score (nSPS) is 9.83. The van der Waals surface area contributed by atoms with Gasteiger partial charge in [-0.15, -0.1) is 5.10 Å². The van der Waals surface area contributed by atoms with Gasteiger partial charge in [-0.3, -0.25) is 0 Å². The molecule has 4 heteroatoms. The molecular weight excluding hydrogens is 154 g/mol. The van der Waals surface area contributed by atoms with Gasteiger partial charge in [-0.25, -0.2) is 0 Å². The summed E-state index contributed by atoms with van der Waals surface area (Å²) in [7, 11) is 0. The number of nitrogens with one attached hydrogen (secondary N) is 1. The lowest BCUT2D eigenvalue weighted by Gasteiger charge is -2.01. The van der Waals surface area contributed by atoms with E-state index in [-0.39, 0.29) is 6.61 Å². The molecule has 1 aromatic heterocycles. The van der Waals surface area contributed by atoms with Crippen molar-refractivity contribution in [2.75, 3.05) is 11.9 Å². The quantitative estimate of drug-likeness (QED) is 0.696. The van der Waals surface area contributed by atoms with Crippen LogP contribution in [0.25, 0.3) is 0 Å². The first-order valence-electron chi connectivity index (χ1n) is 4.04. The molecule has 1 aromatic rings. The number of rotatable bonds is 4. The highest BCUT2D eigenvalue weighted by molar-refractivity contribution is 5.32. The van der Waals surface area contributed by atoms with Crippen molar-refractivity contribution in [3.8, 4) is 0 Å². The molecule has 0 unspecified atom stereocenters. The Balaban J connectivity index is 2.53. The van der Waals surface area contributed by atoms with Gasteiger partial charge in [-0.1, -0.05) is 6.92 Å². The van der Waals surface area contributed by atoms with E-state index >= 15 is 0 Å². The average molecular weight is 167 g/mol. The van der Waals surface area contributed by atoms with Gasteiger partial charge < -0.3 is 10.4 Å². The second-order valence-electron chi connectivity index (χ2n) is 2.49. The summed E-state index contributed by atoms with van der Waals surface area (Å²) in [6.45, 7) is 2.93. The minimum atomic E-state index is -0.0545. The van der Waals surface area contributed by atoms with Gasteiger partial charge in [-0.2, -0.15) is 5.10 Å². The maximum atomic E-state index is 8.68. The molecular formula is C8H13N3O. The van der Waals surface area contributed by atoms with E-state index in [2.05, 4.69) is 22.4 Å². The molecule has 0 saturated heterocycles. The molecule has 0 bridgehead atoms. The van der Waals surface area contributed by atoms with Crippen LogP contribution in [-0.2, 0) is 6.61 Å². The summed E-state index contributed by atoms with van der Waals surface area (Å²) in [5, 5.41) is 19.4. The predicted octanol–water partition coefficient (Wildman–Crippen LogP) is 0.791. The van der Waals surface area contributed by atoms with Crippen molar-refractivity contribution in [2.24, 2.45) is 0 Å². The van der Waals surface area contributed by atoms with Crippen LogP contribution >= 0.6 is 0 Å². The molecule has 0 amide bonds. The van der Waals surface area contributed by atoms with Gasteiger partial charge in [0.05, 0.1) is 12.3 Å². The molecule has 0 fully saturated rings. The predicted molar refractivity (Wildman–Crippen MR) is 46.7 cm³/mol. The second kappa shape index (κ2) is 4.66. The lowest BCUT2D eigenvalue weighted by atomic mass is 10.4. The molecule has 4 nitrogen and oxygen atoms in total. The summed E-state index contributed by atoms with van der Waals surface area (Å²) in [4.78, 5) is 0. The lowest BCUT2D eigenvalue weighted by Crippen LogP contribution is -2.03. The standard InChI is InChI=1S/C8H13N3O/c1-2-5-9-8-4-3-7(6-12)10-11-8/h3-4,12H,2,5-6H2,1H3,(H,9,11). The molecule has 0 spiro atoms. The summed E-state index contributed by atoms with van der Waals surface area (Å²) in [5.74, 6) is 0.758. The average Bonchev–Trinajstić information content (AvgIpc) is 2.15. The van der Waals surface area contributed by atoms with Gasteiger partial charge in [0.1, 0.15) is 5.82 Å². The van der Waals surface area contributed by atoms with Crippen LogP contribution in [0.5, 0.6) is 0 Å². The molecule has 12 heavy (non-hydrogen) atoms. The number of aliphatic hydroxyl groups is 1. The zero-order valence-electron chi connectivity index (χ0n) is 7.12. The first-order valence-corrected chi connectivity index (χ1v) is 4.04. The number of aliphatic hydroxyl groups excluding tert-OH is 1. The van der Waals surface area contributed by atoms with E-state index in [1.165, 1.54) is 0 Å². The third-order valence-electron chi connectivity index (χ3n) is 1.44. The van der Waals surface area contributed by atoms with E-state index in [1.807, 2.05) is 6.07 Å². The van der Waals surface area contributed by atoms with E-state index < -0.39 is 0 Å². The Morgan fingerprint density at radius 2 is 2.25 bits per heavy atom. The van der Waals surface area contributed by atoms with Crippen LogP contribution < -0.4 is 5.32 Å². The van der Waals surface area contributed by atoms with Gasteiger partial charge >= 0.3 is 0 Å². The Bertz CT molecular complexity index is 222. The Kier molecular flexibility index (Phi) is 3.47. The van der Waals surface area contributed by atoms with Gasteiger partial charge in [-0.05, 0) is 18.6 Å². The van der Waals surface area contributed by atoms with Gasteiger partial charge in [0.25, 0.3) is 0 Å². The Labute approximate surface area is 71.6 Å².